The zero-order valence-corrected chi connectivity index (χ0v) is 10.7. The van der Waals surface area contributed by atoms with Crippen molar-refractivity contribution < 1.29 is 5.11 Å². The predicted molar refractivity (Wildman–Crippen MR) is 75.3 cm³/mol. The smallest absolute Gasteiger partial charge is 0.232 e. The number of aromatic hydroxyl groups is 1. The second kappa shape index (κ2) is 5.55. The Labute approximate surface area is 109 Å². The number of rotatable bonds is 4. The first-order valence-electron chi connectivity index (χ1n) is 5.58. The van der Waals surface area contributed by atoms with Crippen molar-refractivity contribution in [3.63, 3.8) is 0 Å². The van der Waals surface area contributed by atoms with E-state index >= 15 is 0 Å². The second-order valence-corrected chi connectivity index (χ2v) is 4.52. The average Bonchev–Trinajstić information content (AvgIpc) is 2.83. The van der Waals surface area contributed by atoms with Gasteiger partial charge in [0.25, 0.3) is 0 Å². The van der Waals surface area contributed by atoms with Gasteiger partial charge in [0, 0.05) is 11.8 Å². The van der Waals surface area contributed by atoms with Gasteiger partial charge in [-0.2, -0.15) is 4.98 Å². The predicted octanol–water partition coefficient (Wildman–Crippen LogP) is 3.40. The molecule has 0 bridgehead atoms. The van der Waals surface area contributed by atoms with Crippen molar-refractivity contribution in [3.8, 4) is 5.88 Å². The van der Waals surface area contributed by atoms with Crippen molar-refractivity contribution in [1.82, 2.24) is 9.97 Å². The van der Waals surface area contributed by atoms with Crippen LogP contribution in [0.25, 0.3) is 15.8 Å². The maximum absolute atomic E-state index is 9.83. The molecule has 0 amide bonds. The van der Waals surface area contributed by atoms with Crippen molar-refractivity contribution in [2.45, 2.75) is 13.3 Å². The molecule has 5 heteroatoms. The number of nitrogens with one attached hydrogen (secondary N) is 1. The van der Waals surface area contributed by atoms with Gasteiger partial charge in [-0.1, -0.05) is 19.1 Å². The van der Waals surface area contributed by atoms with Crippen LogP contribution in [0.5, 0.6) is 5.88 Å². The first-order chi connectivity index (χ1) is 8.76. The van der Waals surface area contributed by atoms with Crippen molar-refractivity contribution in [3.05, 3.63) is 35.5 Å². The molecule has 0 saturated carbocycles. The van der Waals surface area contributed by atoms with Gasteiger partial charge in [0.15, 0.2) is 5.82 Å². The van der Waals surface area contributed by atoms with Crippen LogP contribution in [0.15, 0.2) is 29.7 Å². The zero-order valence-electron chi connectivity index (χ0n) is 9.92. The minimum Gasteiger partial charge on any atom is -0.492 e. The first kappa shape index (κ1) is 12.4. The maximum Gasteiger partial charge on any atom is 0.232 e. The Morgan fingerprint density at radius 3 is 3.06 bits per heavy atom. The summed E-state index contributed by atoms with van der Waals surface area (Å²) in [6.45, 7) is 2.03. The molecule has 0 atom stereocenters. The molecule has 0 aliphatic rings. The van der Waals surface area contributed by atoms with E-state index in [2.05, 4.69) is 9.97 Å². The highest BCUT2D eigenvalue weighted by molar-refractivity contribution is 7.17. The maximum atomic E-state index is 9.83. The Kier molecular flexibility index (Phi) is 3.84. The molecule has 2 heterocycles. The molecule has 0 aliphatic carbocycles. The Balaban J connectivity index is 2.53. The Hall–Kier alpha value is -2.01. The summed E-state index contributed by atoms with van der Waals surface area (Å²) in [6.07, 6.45) is 7.51. The van der Waals surface area contributed by atoms with Crippen molar-refractivity contribution in [2.24, 2.45) is 0 Å². The molecule has 0 spiro atoms. The van der Waals surface area contributed by atoms with Crippen LogP contribution in [0.3, 0.4) is 0 Å². The minimum absolute atomic E-state index is 0.00854. The summed E-state index contributed by atoms with van der Waals surface area (Å²) in [5.74, 6) is 0.428. The Bertz CT molecular complexity index is 628. The van der Waals surface area contributed by atoms with E-state index in [1.165, 1.54) is 17.6 Å². The molecule has 2 aromatic heterocycles. The molecule has 0 saturated heterocycles. The summed E-state index contributed by atoms with van der Waals surface area (Å²) >= 11 is 1.41. The topological polar surface area (TPSA) is 69.9 Å². The van der Waals surface area contributed by atoms with Crippen molar-refractivity contribution >= 4 is 33.3 Å². The molecule has 0 unspecified atom stereocenters. The summed E-state index contributed by atoms with van der Waals surface area (Å²) in [6, 6.07) is 1.84. The summed E-state index contributed by atoms with van der Waals surface area (Å²) in [5, 5.41) is 18.9. The van der Waals surface area contributed by atoms with E-state index in [4.69, 9.17) is 5.41 Å². The van der Waals surface area contributed by atoms with Crippen molar-refractivity contribution in [2.75, 3.05) is 0 Å². The van der Waals surface area contributed by atoms with Crippen LogP contribution in [0.2, 0.25) is 0 Å². The van der Waals surface area contributed by atoms with Gasteiger partial charge in [0.2, 0.25) is 5.88 Å². The van der Waals surface area contributed by atoms with E-state index in [0.717, 1.165) is 17.5 Å². The monoisotopic (exact) mass is 259 g/mol. The molecule has 2 aromatic rings. The molecule has 0 aliphatic heterocycles. The van der Waals surface area contributed by atoms with Gasteiger partial charge in [-0.3, -0.25) is 0 Å². The highest BCUT2D eigenvalue weighted by Crippen LogP contribution is 2.28. The van der Waals surface area contributed by atoms with E-state index in [1.807, 2.05) is 30.5 Å². The number of allylic oxidation sites excluding steroid dienone is 4. The van der Waals surface area contributed by atoms with E-state index in [0.29, 0.717) is 10.5 Å². The molecular formula is C13H13N3OS. The standard InChI is InChI=1S/C13H13N3OS/c1-2-3-4-9(5-7-14)12-15-10-6-8-18-11(10)13(17)16-12/h3-8,14H,2H2,1H3,(H,15,16,17)/b4-3-,9-5+,14-7?. The first-order valence-corrected chi connectivity index (χ1v) is 6.46. The number of thiophene rings is 1. The molecular weight excluding hydrogens is 246 g/mol. The molecule has 4 nitrogen and oxygen atoms in total. The molecule has 0 fully saturated rings. The molecule has 2 N–H and O–H groups in total. The SMILES string of the molecule is CC/C=C\C(=C/C=N)c1nc(O)c2sccc2n1. The largest absolute Gasteiger partial charge is 0.492 e. The quantitative estimate of drug-likeness (QED) is 0.653. The third kappa shape index (κ3) is 2.46. The molecule has 18 heavy (non-hydrogen) atoms. The van der Waals surface area contributed by atoms with Gasteiger partial charge in [0.1, 0.15) is 4.70 Å². The van der Waals surface area contributed by atoms with Gasteiger partial charge in [0.05, 0.1) is 5.52 Å². The number of hydrogen-bond donors (Lipinski definition) is 2. The van der Waals surface area contributed by atoms with E-state index in [9.17, 15) is 5.11 Å². The fourth-order valence-electron chi connectivity index (χ4n) is 1.52. The summed E-state index contributed by atoms with van der Waals surface area (Å²) < 4.78 is 0.687. The van der Waals surface area contributed by atoms with Crippen molar-refractivity contribution in [1.29, 1.82) is 5.41 Å². The van der Waals surface area contributed by atoms with Crippen LogP contribution in [0.1, 0.15) is 19.2 Å². The van der Waals surface area contributed by atoms with Crippen LogP contribution >= 0.6 is 11.3 Å². The van der Waals surface area contributed by atoms with Crippen LogP contribution in [-0.2, 0) is 0 Å². The molecule has 92 valence electrons. The highest BCUT2D eigenvalue weighted by atomic mass is 32.1. The third-order valence-electron chi connectivity index (χ3n) is 2.34. The van der Waals surface area contributed by atoms with Crippen LogP contribution < -0.4 is 0 Å². The third-order valence-corrected chi connectivity index (χ3v) is 3.24. The number of nitrogens with zero attached hydrogens (tertiary/aromatic N) is 2. The lowest BCUT2D eigenvalue weighted by Crippen LogP contribution is -1.93. The Morgan fingerprint density at radius 2 is 2.33 bits per heavy atom. The molecule has 0 radical (unpaired) electrons. The van der Waals surface area contributed by atoms with Gasteiger partial charge >= 0.3 is 0 Å². The van der Waals surface area contributed by atoms with Crippen LogP contribution in [0.4, 0.5) is 0 Å². The van der Waals surface area contributed by atoms with Gasteiger partial charge in [-0.05, 0) is 23.9 Å². The fraction of sp³-hybridized carbons (Fsp3) is 0.154. The summed E-state index contributed by atoms with van der Waals surface area (Å²) in [7, 11) is 0. The number of hydrogen-bond acceptors (Lipinski definition) is 5. The van der Waals surface area contributed by atoms with Gasteiger partial charge in [-0.25, -0.2) is 4.98 Å². The zero-order chi connectivity index (χ0) is 13.0. The minimum atomic E-state index is -0.00854. The van der Waals surface area contributed by atoms with Gasteiger partial charge in [-0.15, -0.1) is 11.3 Å². The highest BCUT2D eigenvalue weighted by Gasteiger charge is 2.09. The lowest BCUT2D eigenvalue weighted by atomic mass is 10.2. The molecule has 0 aromatic carbocycles. The van der Waals surface area contributed by atoms with E-state index < -0.39 is 0 Å². The lowest BCUT2D eigenvalue weighted by Gasteiger charge is -2.02. The Morgan fingerprint density at radius 1 is 1.50 bits per heavy atom. The second-order valence-electron chi connectivity index (χ2n) is 3.61. The normalized spacial score (nSPS) is 12.4. The van der Waals surface area contributed by atoms with Crippen LogP contribution in [-0.4, -0.2) is 21.3 Å². The average molecular weight is 259 g/mol. The fourth-order valence-corrected chi connectivity index (χ4v) is 2.23. The van der Waals surface area contributed by atoms with E-state index in [-0.39, 0.29) is 5.88 Å². The number of fused-ring (bicyclic) bond motifs is 1. The summed E-state index contributed by atoms with van der Waals surface area (Å²) in [4.78, 5) is 8.46. The van der Waals surface area contributed by atoms with E-state index in [1.54, 1.807) is 6.08 Å². The lowest BCUT2D eigenvalue weighted by molar-refractivity contribution is 0.459. The summed E-state index contributed by atoms with van der Waals surface area (Å²) in [5.41, 5.74) is 1.44. The number of aromatic nitrogens is 2. The van der Waals surface area contributed by atoms with Gasteiger partial charge < -0.3 is 10.5 Å². The van der Waals surface area contributed by atoms with Crippen LogP contribution in [0, 0.1) is 5.41 Å². The molecule has 2 rings (SSSR count).